The smallest absolute Gasteiger partial charge is 0.251 e. The van der Waals surface area contributed by atoms with Gasteiger partial charge in [0, 0.05) is 52.2 Å². The van der Waals surface area contributed by atoms with E-state index in [1.54, 1.807) is 12.1 Å². The quantitative estimate of drug-likeness (QED) is 0.114. The van der Waals surface area contributed by atoms with Gasteiger partial charge in [-0.25, -0.2) is 8.96 Å². The van der Waals surface area contributed by atoms with Gasteiger partial charge in [0.2, 0.25) is 35.7 Å². The second-order valence-electron chi connectivity index (χ2n) is 29.3. The summed E-state index contributed by atoms with van der Waals surface area (Å²) in [5, 5.41) is 18.7. The fraction of sp³-hybridized carbons (Fsp3) is 0.227. The third-order valence-electron chi connectivity index (χ3n) is 21.1. The summed E-state index contributed by atoms with van der Waals surface area (Å²) >= 11 is 0. The van der Waals surface area contributed by atoms with E-state index in [4.69, 9.17) is 4.98 Å². The fourth-order valence-electron chi connectivity index (χ4n) is 15.2. The van der Waals surface area contributed by atoms with Crippen molar-refractivity contribution < 1.29 is 23.0 Å². The van der Waals surface area contributed by atoms with Gasteiger partial charge in [0.25, 0.3) is 5.69 Å². The van der Waals surface area contributed by atoms with Crippen molar-refractivity contribution in [2.75, 3.05) is 0 Å². The zero-order valence-electron chi connectivity index (χ0n) is 66.5. The van der Waals surface area contributed by atoms with Gasteiger partial charge in [-0.3, -0.25) is 4.98 Å². The lowest BCUT2D eigenvalue weighted by Gasteiger charge is -2.18. The summed E-state index contributed by atoms with van der Waals surface area (Å²) in [6, 6.07) is 77.3. The molecule has 5 heterocycles. The molecule has 0 spiro atoms. The molecule has 5 aromatic heterocycles. The van der Waals surface area contributed by atoms with Gasteiger partial charge in [-0.2, -0.15) is 24.6 Å². The molecule has 0 saturated carbocycles. The highest BCUT2D eigenvalue weighted by molar-refractivity contribution is 5.95. The number of nitriles is 2. The van der Waals surface area contributed by atoms with Crippen molar-refractivity contribution in [3.05, 3.63) is 333 Å². The molecule has 0 radical (unpaired) electrons. The highest BCUT2D eigenvalue weighted by Gasteiger charge is 2.30. The van der Waals surface area contributed by atoms with Crippen molar-refractivity contribution >= 4 is 0 Å². The van der Waals surface area contributed by atoms with E-state index in [1.807, 2.05) is 92.3 Å². The summed E-state index contributed by atoms with van der Waals surface area (Å²) in [5.41, 5.74) is 38.2. The predicted molar refractivity (Wildman–Crippen MR) is 439 cm³/mol. The molecule has 0 atom stereocenters. The zero-order valence-corrected chi connectivity index (χ0v) is 66.5. The van der Waals surface area contributed by atoms with Crippen LogP contribution in [0.4, 0.5) is 4.39 Å². The molecule has 0 aliphatic rings. The molecular formula is C97H101FN10+4. The van der Waals surface area contributed by atoms with Gasteiger partial charge >= 0.3 is 0 Å². The molecule has 0 saturated heterocycles. The molecule has 0 fully saturated rings. The van der Waals surface area contributed by atoms with Gasteiger partial charge in [-0.15, -0.1) is 0 Å². The van der Waals surface area contributed by atoms with Crippen LogP contribution in [0.3, 0.4) is 0 Å². The van der Waals surface area contributed by atoms with Crippen LogP contribution in [-0.4, -0.2) is 19.0 Å². The van der Waals surface area contributed by atoms with E-state index in [1.165, 1.54) is 112 Å². The maximum absolute atomic E-state index is 13.2. The first-order valence-corrected chi connectivity index (χ1v) is 37.2. The van der Waals surface area contributed by atoms with Crippen molar-refractivity contribution in [1.29, 1.82) is 10.5 Å². The monoisotopic (exact) mass is 1420 g/mol. The lowest BCUT2D eigenvalue weighted by atomic mass is 9.85. The second-order valence-corrected chi connectivity index (χ2v) is 29.3. The summed E-state index contributed by atoms with van der Waals surface area (Å²) < 4.78 is 28.4. The number of halogens is 1. The van der Waals surface area contributed by atoms with Gasteiger partial charge in [0.15, 0.2) is 6.20 Å². The molecule has 0 aliphatic heterocycles. The van der Waals surface area contributed by atoms with Crippen molar-refractivity contribution in [3.63, 3.8) is 0 Å². The van der Waals surface area contributed by atoms with E-state index in [0.29, 0.717) is 23.0 Å². The van der Waals surface area contributed by atoms with Crippen LogP contribution in [0.25, 0.3) is 95.1 Å². The van der Waals surface area contributed by atoms with Crippen LogP contribution in [0.1, 0.15) is 129 Å². The predicted octanol–water partition coefficient (Wildman–Crippen LogP) is 21.3. The summed E-state index contributed by atoms with van der Waals surface area (Å²) in [6.45, 7) is 34.3. The molecule has 0 aliphatic carbocycles. The number of aromatic nitrogens is 8. The van der Waals surface area contributed by atoms with Crippen LogP contribution in [0.5, 0.6) is 0 Å². The number of nitrogens with zero attached hydrogens (tertiary/aromatic N) is 10. The minimum Gasteiger partial charge on any atom is -0.251 e. The molecule has 542 valence electrons. The summed E-state index contributed by atoms with van der Waals surface area (Å²) in [7, 11) is 8.28. The molecule has 10 nitrogen and oxygen atoms in total. The molecule has 14 aromatic rings. The molecular weight excluding hydrogens is 1320 g/mol. The Balaban J connectivity index is 0.000000147. The molecule has 9 aromatic carbocycles. The first kappa shape index (κ1) is 76.9. The van der Waals surface area contributed by atoms with Crippen LogP contribution in [0.2, 0.25) is 0 Å². The first-order chi connectivity index (χ1) is 51.7. The molecule has 0 bridgehead atoms. The van der Waals surface area contributed by atoms with E-state index in [0.717, 1.165) is 62.0 Å². The van der Waals surface area contributed by atoms with E-state index in [-0.39, 0.29) is 5.82 Å². The van der Waals surface area contributed by atoms with Crippen LogP contribution < -0.4 is 18.6 Å². The van der Waals surface area contributed by atoms with Crippen LogP contribution in [0.15, 0.2) is 237 Å². The van der Waals surface area contributed by atoms with Crippen molar-refractivity contribution in [1.82, 2.24) is 19.0 Å². The van der Waals surface area contributed by atoms with E-state index in [2.05, 4.69) is 316 Å². The Labute approximate surface area is 639 Å². The molecule has 14 rings (SSSR count). The molecule has 0 unspecified atom stereocenters. The Bertz CT molecular complexity index is 5580. The summed E-state index contributed by atoms with van der Waals surface area (Å²) in [5.74, 6) is 0.730. The Kier molecular flexibility index (Phi) is 23.6. The minimum atomic E-state index is -0.169. The third kappa shape index (κ3) is 16.0. The van der Waals surface area contributed by atoms with Crippen LogP contribution in [0, 0.1) is 112 Å². The first-order valence-electron chi connectivity index (χ1n) is 37.2. The average Bonchev–Trinajstić information content (AvgIpc) is 1.60. The summed E-state index contributed by atoms with van der Waals surface area (Å²) in [4.78, 5) is 4.76. The maximum Gasteiger partial charge on any atom is 0.259 e. The normalized spacial score (nSPS) is 11.0. The minimum absolute atomic E-state index is 0.169. The number of pyridine rings is 2. The highest BCUT2D eigenvalue weighted by Crippen LogP contribution is 2.43. The fourth-order valence-corrected chi connectivity index (χ4v) is 15.2. The third-order valence-corrected chi connectivity index (χ3v) is 21.1. The molecule has 0 N–H and O–H groups in total. The second kappa shape index (κ2) is 33.1. The molecule has 108 heavy (non-hydrogen) atoms. The number of rotatable bonds is 12. The lowest BCUT2D eigenvalue weighted by Crippen LogP contribution is -2.41. The van der Waals surface area contributed by atoms with Gasteiger partial charge in [-0.1, -0.05) is 193 Å². The number of hydrogen-bond acceptors (Lipinski definition) is 3. The van der Waals surface area contributed by atoms with Crippen molar-refractivity contribution in [3.8, 4) is 107 Å². The van der Waals surface area contributed by atoms with Gasteiger partial charge in [0.1, 0.15) is 18.6 Å². The van der Waals surface area contributed by atoms with Crippen molar-refractivity contribution in [2.45, 2.75) is 123 Å². The number of aryl methyl sites for hydroxylation is 10. The van der Waals surface area contributed by atoms with Gasteiger partial charge in [-0.05, 0) is 209 Å². The molecule has 0 amide bonds. The lowest BCUT2D eigenvalue weighted by molar-refractivity contribution is -0.683. The van der Waals surface area contributed by atoms with Crippen molar-refractivity contribution in [2.24, 2.45) is 28.2 Å². The molecule has 11 heteroatoms. The van der Waals surface area contributed by atoms with Crippen LogP contribution in [-0.2, 0) is 28.2 Å². The van der Waals surface area contributed by atoms with Gasteiger partial charge < -0.3 is 0 Å². The Morgan fingerprint density at radius 3 is 1.22 bits per heavy atom. The number of hydrogen-bond donors (Lipinski definition) is 0. The topological polar surface area (TPSA) is 90.8 Å². The Hall–Kier alpha value is -12.2. The SMILES string of the molecule is Cc1cc(C)c(-[n+]2cc(-c3c(-c4ccccc4)cccc3-c3ccccc3)c(C)n2C)c(C)n1.Cc1cc(F)cc(C)c1-c1cccc[n+]1C.Cc1ccc(C#N)cc1-[n+]1cc(-c2c(C(C)C)cccc2C(C)C)c(C)n1C.Cc1ccc(C#N)cc1-[n+]1cc(-c2c(C)cc(-c3ccccc3)cc2C)c(C)n1C. The largest absolute Gasteiger partial charge is 0.259 e. The Morgan fingerprint density at radius 2 is 0.778 bits per heavy atom. The average molecular weight is 1430 g/mol. The zero-order chi connectivity index (χ0) is 77.5. The highest BCUT2D eigenvalue weighted by atomic mass is 19.1. The van der Waals surface area contributed by atoms with E-state index < -0.39 is 0 Å². The summed E-state index contributed by atoms with van der Waals surface area (Å²) in [6.07, 6.45) is 8.69. The maximum atomic E-state index is 13.2. The van der Waals surface area contributed by atoms with Crippen LogP contribution >= 0.6 is 0 Å². The Morgan fingerprint density at radius 1 is 0.370 bits per heavy atom. The van der Waals surface area contributed by atoms with E-state index in [9.17, 15) is 14.9 Å². The van der Waals surface area contributed by atoms with Gasteiger partial charge in [0.05, 0.1) is 83.7 Å². The van der Waals surface area contributed by atoms with E-state index >= 15 is 0 Å². The standard InChI is InChI=1S/C31H30N3.C27H26N3.C25H30N3.C14H15FN/c1-21-19-22(2)32-23(3)31(21)34-20-29(24(4)33(34)5)30-27(25-13-8-6-9-14-25)17-12-18-28(30)26-15-10-7-11-16-26;1-18-11-12-22(16-28)15-26(18)30-17-25(21(4)29(30)5)27-19(2)13-24(14-20(27)3)23-9-7-6-8-10-23;1-16(2)21-9-8-10-22(17(3)4)25(21)23-15-28(27(7)19(23)6)24-13-20(14-26)12-11-18(24)5;1-10-8-12(15)9-11(2)14(10)13-6-4-5-7-16(13)3/h6-20H,1-5H3;6-15,17H,1-5H3;8-13,15-17H,1-7H3;4-9H,1-3H3/q4*+1. The number of benzene rings is 9.